The first-order chi connectivity index (χ1) is 3.95. The van der Waals surface area contributed by atoms with Gasteiger partial charge in [-0.3, -0.25) is 0 Å². The SMILES string of the molecule is N1=c2ssc(ss2)=N1. The van der Waals surface area contributed by atoms with E-state index in [4.69, 9.17) is 0 Å². The van der Waals surface area contributed by atoms with Gasteiger partial charge < -0.3 is 0 Å². The number of fused-ring (bicyclic) bond motifs is 3. The van der Waals surface area contributed by atoms with Gasteiger partial charge in [-0.05, 0) is 41.4 Å². The van der Waals surface area contributed by atoms with E-state index in [0.29, 0.717) is 0 Å². The molecule has 3 heterocycles. The van der Waals surface area contributed by atoms with E-state index in [-0.39, 0.29) is 0 Å². The fraction of sp³-hybridized carbons (Fsp3) is 0. The molecule has 8 heavy (non-hydrogen) atoms. The average molecular weight is 180 g/mol. The fourth-order valence-electron chi connectivity index (χ4n) is 0.319. The van der Waals surface area contributed by atoms with Crippen molar-refractivity contribution in [3.8, 4) is 0 Å². The minimum absolute atomic E-state index is 1.06. The molecule has 6 heteroatoms. The third-order valence-corrected chi connectivity index (χ3v) is 6.31. The molecule has 0 radical (unpaired) electrons. The molecule has 0 atom stereocenters. The van der Waals surface area contributed by atoms with Crippen molar-refractivity contribution in [1.29, 1.82) is 0 Å². The van der Waals surface area contributed by atoms with Gasteiger partial charge in [-0.1, -0.05) is 0 Å². The molecule has 42 valence electrons. The van der Waals surface area contributed by atoms with Crippen molar-refractivity contribution >= 4 is 41.4 Å². The second kappa shape index (κ2) is 1.87. The highest BCUT2D eigenvalue weighted by molar-refractivity contribution is 7.80. The smallest absolute Gasteiger partial charge is 0.125 e. The van der Waals surface area contributed by atoms with Gasteiger partial charge in [0.25, 0.3) is 0 Å². The molecule has 0 saturated heterocycles. The van der Waals surface area contributed by atoms with Crippen molar-refractivity contribution < 1.29 is 0 Å². The van der Waals surface area contributed by atoms with Crippen LogP contribution in [0.25, 0.3) is 0 Å². The first kappa shape index (κ1) is 5.04. The lowest BCUT2D eigenvalue weighted by Gasteiger charge is -1.84. The van der Waals surface area contributed by atoms with E-state index in [1.807, 2.05) is 0 Å². The highest BCUT2D eigenvalue weighted by atomic mass is 32.9. The Kier molecular flexibility index (Phi) is 1.18. The van der Waals surface area contributed by atoms with Crippen LogP contribution in [0.15, 0.2) is 10.2 Å². The van der Waals surface area contributed by atoms with Gasteiger partial charge in [0.1, 0.15) is 0 Å². The Labute approximate surface area is 59.5 Å². The van der Waals surface area contributed by atoms with E-state index in [9.17, 15) is 0 Å². The van der Waals surface area contributed by atoms with Crippen molar-refractivity contribution in [3.63, 3.8) is 0 Å². The van der Waals surface area contributed by atoms with Gasteiger partial charge in [-0.2, -0.15) is 0 Å². The van der Waals surface area contributed by atoms with Crippen molar-refractivity contribution in [2.24, 2.45) is 10.2 Å². The van der Waals surface area contributed by atoms with Crippen LogP contribution in [-0.4, -0.2) is 0 Å². The minimum Gasteiger partial charge on any atom is -0.125 e. The number of hydrogen-bond acceptors (Lipinski definition) is 6. The van der Waals surface area contributed by atoms with Crippen molar-refractivity contribution in [3.05, 3.63) is 7.97 Å². The molecule has 1 aromatic rings. The zero-order valence-corrected chi connectivity index (χ0v) is 6.79. The monoisotopic (exact) mass is 180 g/mol. The first-order valence-corrected chi connectivity index (χ1v) is 6.10. The third kappa shape index (κ3) is 0.732. The number of nitrogens with zero attached hydrogens (tertiary/aromatic N) is 2. The molecule has 1 aromatic heterocycles. The molecule has 0 aliphatic carbocycles. The van der Waals surface area contributed by atoms with Crippen LogP contribution >= 0.6 is 41.4 Å². The van der Waals surface area contributed by atoms with Gasteiger partial charge in [0.2, 0.25) is 7.97 Å². The maximum Gasteiger partial charge on any atom is 0.212 e. The lowest BCUT2D eigenvalue weighted by molar-refractivity contribution is 1.14. The van der Waals surface area contributed by atoms with Crippen LogP contribution in [0.5, 0.6) is 0 Å². The molecule has 0 fully saturated rings. The van der Waals surface area contributed by atoms with Crippen LogP contribution in [0.4, 0.5) is 0 Å². The van der Waals surface area contributed by atoms with E-state index < -0.39 is 0 Å². The largest absolute Gasteiger partial charge is 0.212 e. The second-order valence-electron chi connectivity index (χ2n) is 1.07. The van der Waals surface area contributed by atoms with Crippen molar-refractivity contribution in [1.82, 2.24) is 0 Å². The molecule has 0 saturated carbocycles. The maximum absolute atomic E-state index is 3.89. The Bertz CT molecular complexity index is 263. The van der Waals surface area contributed by atoms with Gasteiger partial charge in [0.15, 0.2) is 0 Å². The lowest BCUT2D eigenvalue weighted by atomic mass is 11.6. The van der Waals surface area contributed by atoms with E-state index in [1.165, 1.54) is 0 Å². The van der Waals surface area contributed by atoms with E-state index in [0.717, 1.165) is 7.97 Å². The van der Waals surface area contributed by atoms with E-state index in [1.54, 1.807) is 41.4 Å². The van der Waals surface area contributed by atoms with Gasteiger partial charge in [-0.25, -0.2) is 0 Å². The summed E-state index contributed by atoms with van der Waals surface area (Å²) in [7, 11) is 6.76. The minimum atomic E-state index is 1.06. The highest BCUT2D eigenvalue weighted by Gasteiger charge is 1.90. The second-order valence-corrected chi connectivity index (χ2v) is 5.80. The Morgan fingerprint density at radius 1 is 0.750 bits per heavy atom. The fourth-order valence-corrected chi connectivity index (χ4v) is 5.60. The topological polar surface area (TPSA) is 24.7 Å². The van der Waals surface area contributed by atoms with Crippen LogP contribution in [0, 0.1) is 0 Å². The van der Waals surface area contributed by atoms with Gasteiger partial charge in [0, 0.05) is 0 Å². The van der Waals surface area contributed by atoms with E-state index >= 15 is 0 Å². The zero-order valence-electron chi connectivity index (χ0n) is 3.53. The Morgan fingerprint density at radius 3 is 1.25 bits per heavy atom. The molecular weight excluding hydrogens is 180 g/mol. The normalized spacial score (nSPS) is 12.5. The molecule has 0 amide bonds. The Balaban J connectivity index is 3.12. The zero-order chi connectivity index (χ0) is 5.40. The molecule has 2 bridgehead atoms. The lowest BCUT2D eigenvalue weighted by Crippen LogP contribution is -1.99. The summed E-state index contributed by atoms with van der Waals surface area (Å²) in [5.41, 5.74) is 0. The summed E-state index contributed by atoms with van der Waals surface area (Å²) in [4.78, 5) is 0. The summed E-state index contributed by atoms with van der Waals surface area (Å²) in [5, 5.41) is 7.77. The van der Waals surface area contributed by atoms with Crippen LogP contribution in [-0.2, 0) is 0 Å². The predicted octanol–water partition coefficient (Wildman–Crippen LogP) is 1.22. The maximum atomic E-state index is 3.89. The van der Waals surface area contributed by atoms with Crippen LogP contribution in [0.3, 0.4) is 0 Å². The summed E-state index contributed by atoms with van der Waals surface area (Å²) in [6.07, 6.45) is 0. The van der Waals surface area contributed by atoms with Crippen LogP contribution < -0.4 is 7.97 Å². The van der Waals surface area contributed by atoms with Crippen molar-refractivity contribution in [2.75, 3.05) is 0 Å². The predicted molar refractivity (Wildman–Crippen MR) is 37.9 cm³/mol. The Hall–Kier alpha value is 0.220. The van der Waals surface area contributed by atoms with E-state index in [2.05, 4.69) is 10.2 Å². The summed E-state index contributed by atoms with van der Waals surface area (Å²) >= 11 is 0. The van der Waals surface area contributed by atoms with Crippen LogP contribution in [0.2, 0.25) is 0 Å². The molecular formula is C2N2S4. The molecule has 3 rings (SSSR count). The van der Waals surface area contributed by atoms with Crippen LogP contribution in [0.1, 0.15) is 0 Å². The number of rotatable bonds is 0. The quantitative estimate of drug-likeness (QED) is 0.536. The third-order valence-electron chi connectivity index (χ3n) is 0.582. The summed E-state index contributed by atoms with van der Waals surface area (Å²) in [5.74, 6) is 0. The summed E-state index contributed by atoms with van der Waals surface area (Å²) in [6.45, 7) is 0. The molecule has 2 aliphatic rings. The number of hydrogen-bond donors (Lipinski definition) is 0. The Morgan fingerprint density at radius 2 is 1.12 bits per heavy atom. The highest BCUT2D eigenvalue weighted by Crippen LogP contribution is 2.04. The summed E-state index contributed by atoms with van der Waals surface area (Å²) < 4.78 is 2.13. The van der Waals surface area contributed by atoms with Gasteiger partial charge >= 0.3 is 0 Å². The van der Waals surface area contributed by atoms with Gasteiger partial charge in [-0.15, -0.1) is 10.2 Å². The molecule has 0 aromatic carbocycles. The molecule has 0 unspecified atom stereocenters. The molecule has 2 nitrogen and oxygen atoms in total. The summed E-state index contributed by atoms with van der Waals surface area (Å²) in [6, 6.07) is 0. The van der Waals surface area contributed by atoms with Crippen molar-refractivity contribution in [2.45, 2.75) is 0 Å². The van der Waals surface area contributed by atoms with Gasteiger partial charge in [0.05, 0.1) is 0 Å². The standard InChI is InChI=1S/C2N2S4/c3-1-5-7-2(4-3)8-6-1. The first-order valence-electron chi connectivity index (χ1n) is 1.80. The average Bonchev–Trinajstić information content (AvgIpc) is 1.92. The molecule has 0 spiro atoms. The molecule has 2 aliphatic heterocycles. The molecule has 0 N–H and O–H groups in total.